The molecule has 5 heteroatoms. The van der Waals surface area contributed by atoms with Crippen molar-refractivity contribution in [2.75, 3.05) is 26.1 Å². The van der Waals surface area contributed by atoms with Gasteiger partial charge in [0.1, 0.15) is 5.75 Å². The molecule has 0 fully saturated rings. The highest BCUT2D eigenvalue weighted by atomic mass is 16.7. The molecule has 1 N–H and O–H groups in total. The Labute approximate surface area is 136 Å². The quantitative estimate of drug-likeness (QED) is 0.828. The predicted molar refractivity (Wildman–Crippen MR) is 90.6 cm³/mol. The third-order valence-corrected chi connectivity index (χ3v) is 3.45. The number of nitrogens with zero attached hydrogens (tertiary/aromatic N) is 1. The first-order valence-electron chi connectivity index (χ1n) is 7.45. The number of carbonyl (C=O) groups excluding carboxylic acids is 1. The summed E-state index contributed by atoms with van der Waals surface area (Å²) in [6.45, 7) is 2.66. The van der Waals surface area contributed by atoms with Gasteiger partial charge in [-0.05, 0) is 36.8 Å². The van der Waals surface area contributed by atoms with E-state index < -0.39 is 0 Å². The van der Waals surface area contributed by atoms with E-state index in [-0.39, 0.29) is 6.03 Å². The standard InChI is InChI=1S/C18H22N2O3/c1-14-4-10-17(11-5-14)23-13-12-15-6-8-16(9-7-15)19-18(21)20(2)22-3/h4-11H,12-13H2,1-3H3,(H,19,21). The lowest BCUT2D eigenvalue weighted by molar-refractivity contribution is -0.0598. The van der Waals surface area contributed by atoms with Crippen LogP contribution < -0.4 is 10.1 Å². The number of hydrogen-bond donors (Lipinski definition) is 1. The van der Waals surface area contributed by atoms with Crippen molar-refractivity contribution < 1.29 is 14.4 Å². The van der Waals surface area contributed by atoms with E-state index in [2.05, 4.69) is 12.2 Å². The number of nitrogens with one attached hydrogen (secondary N) is 1. The fraction of sp³-hybridized carbons (Fsp3) is 0.278. The molecule has 0 saturated carbocycles. The van der Waals surface area contributed by atoms with Crippen molar-refractivity contribution in [2.45, 2.75) is 13.3 Å². The van der Waals surface area contributed by atoms with E-state index >= 15 is 0 Å². The van der Waals surface area contributed by atoms with Crippen molar-refractivity contribution in [1.82, 2.24) is 5.06 Å². The minimum Gasteiger partial charge on any atom is -0.493 e. The minimum absolute atomic E-state index is 0.317. The first kappa shape index (κ1) is 16.8. The molecule has 0 aliphatic rings. The van der Waals surface area contributed by atoms with E-state index in [1.165, 1.54) is 12.7 Å². The molecule has 2 amide bonds. The van der Waals surface area contributed by atoms with E-state index in [9.17, 15) is 4.79 Å². The zero-order valence-corrected chi connectivity index (χ0v) is 13.7. The van der Waals surface area contributed by atoms with Gasteiger partial charge in [-0.2, -0.15) is 0 Å². The average molecular weight is 314 g/mol. The number of ether oxygens (including phenoxy) is 1. The number of aryl methyl sites for hydroxylation is 1. The Hall–Kier alpha value is -2.53. The zero-order valence-electron chi connectivity index (χ0n) is 13.7. The van der Waals surface area contributed by atoms with Crippen LogP contribution in [0.2, 0.25) is 0 Å². The highest BCUT2D eigenvalue weighted by Gasteiger charge is 2.07. The molecule has 0 aromatic heterocycles. The molecule has 0 aliphatic heterocycles. The molecule has 2 aromatic rings. The van der Waals surface area contributed by atoms with Crippen LogP contribution in [0.1, 0.15) is 11.1 Å². The summed E-state index contributed by atoms with van der Waals surface area (Å²) in [6.07, 6.45) is 0.806. The van der Waals surface area contributed by atoms with Gasteiger partial charge in [0.25, 0.3) is 0 Å². The summed E-state index contributed by atoms with van der Waals surface area (Å²) < 4.78 is 5.71. The van der Waals surface area contributed by atoms with Gasteiger partial charge in [0.05, 0.1) is 13.7 Å². The van der Waals surface area contributed by atoms with E-state index in [0.717, 1.165) is 28.5 Å². The van der Waals surface area contributed by atoms with Crippen molar-refractivity contribution in [1.29, 1.82) is 0 Å². The summed E-state index contributed by atoms with van der Waals surface area (Å²) in [5.41, 5.74) is 3.09. The number of benzene rings is 2. The Morgan fingerprint density at radius 3 is 2.35 bits per heavy atom. The molecule has 2 aromatic carbocycles. The maximum Gasteiger partial charge on any atom is 0.345 e. The number of hydrogen-bond acceptors (Lipinski definition) is 3. The normalized spacial score (nSPS) is 10.2. The lowest BCUT2D eigenvalue weighted by Gasteiger charge is -2.14. The van der Waals surface area contributed by atoms with Gasteiger partial charge in [-0.3, -0.25) is 4.84 Å². The molecule has 0 heterocycles. The minimum atomic E-state index is -0.317. The van der Waals surface area contributed by atoms with Crippen LogP contribution in [0.15, 0.2) is 48.5 Å². The van der Waals surface area contributed by atoms with Gasteiger partial charge >= 0.3 is 6.03 Å². The summed E-state index contributed by atoms with van der Waals surface area (Å²) in [7, 11) is 2.99. The molecule has 0 saturated heterocycles. The number of rotatable bonds is 6. The Kier molecular flexibility index (Phi) is 6.00. The fourth-order valence-corrected chi connectivity index (χ4v) is 1.96. The molecule has 0 spiro atoms. The van der Waals surface area contributed by atoms with Crippen LogP contribution in [0.3, 0.4) is 0 Å². The second-order valence-corrected chi connectivity index (χ2v) is 5.22. The monoisotopic (exact) mass is 314 g/mol. The summed E-state index contributed by atoms with van der Waals surface area (Å²) in [4.78, 5) is 16.5. The van der Waals surface area contributed by atoms with Gasteiger partial charge in [0.2, 0.25) is 0 Å². The molecule has 0 radical (unpaired) electrons. The topological polar surface area (TPSA) is 50.8 Å². The second kappa shape index (κ2) is 8.19. The van der Waals surface area contributed by atoms with E-state index in [4.69, 9.17) is 9.57 Å². The van der Waals surface area contributed by atoms with Crippen LogP contribution in [-0.2, 0) is 11.3 Å². The first-order valence-corrected chi connectivity index (χ1v) is 7.45. The van der Waals surface area contributed by atoms with Crippen LogP contribution in [0, 0.1) is 6.92 Å². The highest BCUT2D eigenvalue weighted by molar-refractivity contribution is 5.88. The number of urea groups is 1. The van der Waals surface area contributed by atoms with Crippen LogP contribution in [0.25, 0.3) is 0 Å². The summed E-state index contributed by atoms with van der Waals surface area (Å²) in [5, 5.41) is 3.87. The van der Waals surface area contributed by atoms with E-state index in [1.54, 1.807) is 7.05 Å². The molecule has 5 nitrogen and oxygen atoms in total. The number of hydroxylamine groups is 2. The molecule has 0 atom stereocenters. The lowest BCUT2D eigenvalue weighted by atomic mass is 10.1. The van der Waals surface area contributed by atoms with Crippen LogP contribution in [0.5, 0.6) is 5.75 Å². The third kappa shape index (κ3) is 5.30. The second-order valence-electron chi connectivity index (χ2n) is 5.22. The molecular formula is C18H22N2O3. The molecule has 2 rings (SSSR count). The highest BCUT2D eigenvalue weighted by Crippen LogP contribution is 2.14. The van der Waals surface area contributed by atoms with E-state index in [1.807, 2.05) is 48.5 Å². The van der Waals surface area contributed by atoms with Crippen molar-refractivity contribution in [3.05, 3.63) is 59.7 Å². The zero-order chi connectivity index (χ0) is 16.7. The van der Waals surface area contributed by atoms with Crippen LogP contribution in [-0.4, -0.2) is 31.9 Å². The molecule has 0 unspecified atom stereocenters. The Balaban J connectivity index is 1.80. The third-order valence-electron chi connectivity index (χ3n) is 3.45. The maximum absolute atomic E-state index is 11.7. The number of anilines is 1. The maximum atomic E-state index is 11.7. The van der Waals surface area contributed by atoms with Gasteiger partial charge < -0.3 is 10.1 Å². The van der Waals surface area contributed by atoms with Crippen molar-refractivity contribution >= 4 is 11.7 Å². The van der Waals surface area contributed by atoms with Crippen LogP contribution >= 0.6 is 0 Å². The average Bonchev–Trinajstić information content (AvgIpc) is 2.57. The van der Waals surface area contributed by atoms with Crippen molar-refractivity contribution in [3.8, 4) is 5.75 Å². The smallest absolute Gasteiger partial charge is 0.345 e. The Bertz CT molecular complexity index is 624. The van der Waals surface area contributed by atoms with Gasteiger partial charge in [0, 0.05) is 19.2 Å². The summed E-state index contributed by atoms with van der Waals surface area (Å²) in [6, 6.07) is 15.4. The fourth-order valence-electron chi connectivity index (χ4n) is 1.96. The van der Waals surface area contributed by atoms with Gasteiger partial charge in [-0.1, -0.05) is 29.8 Å². The molecule has 122 valence electrons. The summed E-state index contributed by atoms with van der Waals surface area (Å²) >= 11 is 0. The number of amides is 2. The molecule has 23 heavy (non-hydrogen) atoms. The molecule has 0 bridgehead atoms. The van der Waals surface area contributed by atoms with E-state index in [0.29, 0.717) is 6.61 Å². The predicted octanol–water partition coefficient (Wildman–Crippen LogP) is 3.64. The largest absolute Gasteiger partial charge is 0.493 e. The molecule has 0 aliphatic carbocycles. The van der Waals surface area contributed by atoms with Gasteiger partial charge in [0.15, 0.2) is 0 Å². The number of carbonyl (C=O) groups is 1. The lowest BCUT2D eigenvalue weighted by Crippen LogP contribution is -2.30. The Morgan fingerprint density at radius 2 is 1.74 bits per heavy atom. The van der Waals surface area contributed by atoms with Gasteiger partial charge in [-0.25, -0.2) is 9.86 Å². The first-order chi connectivity index (χ1) is 11.1. The molecular weight excluding hydrogens is 292 g/mol. The van der Waals surface area contributed by atoms with Crippen LogP contribution in [0.4, 0.5) is 10.5 Å². The summed E-state index contributed by atoms with van der Waals surface area (Å²) in [5.74, 6) is 0.877. The SMILES string of the molecule is CON(C)C(=O)Nc1ccc(CCOc2ccc(C)cc2)cc1. The Morgan fingerprint density at radius 1 is 1.09 bits per heavy atom. The van der Waals surface area contributed by atoms with Crippen molar-refractivity contribution in [3.63, 3.8) is 0 Å². The van der Waals surface area contributed by atoms with Gasteiger partial charge in [-0.15, -0.1) is 0 Å². The van der Waals surface area contributed by atoms with Crippen molar-refractivity contribution in [2.24, 2.45) is 0 Å².